The molecule has 0 spiro atoms. The quantitative estimate of drug-likeness (QED) is 0.753. The van der Waals surface area contributed by atoms with E-state index in [1.54, 1.807) is 7.11 Å². The number of nitrogens with one attached hydrogen (secondary N) is 1. The largest absolute Gasteiger partial charge is 0.495 e. The highest BCUT2D eigenvalue weighted by atomic mass is 16.5. The first kappa shape index (κ1) is 17.3. The van der Waals surface area contributed by atoms with Crippen LogP contribution in [0.3, 0.4) is 0 Å². The van der Waals surface area contributed by atoms with Gasteiger partial charge in [-0.3, -0.25) is 4.79 Å². The standard InChI is InChI=1S/C22H25NO2/c1-25-21-15-9-8-14-20(21)23-22(24)19(18-12-6-3-7-13-18)16-17-10-4-2-5-11-17/h2,4-5,8-11,14-16,18H,3,6-7,12-13H2,1H3,(H,23,24)/b19-16-. The summed E-state index contributed by atoms with van der Waals surface area (Å²) in [5, 5.41) is 3.05. The van der Waals surface area contributed by atoms with Crippen LogP contribution >= 0.6 is 0 Å². The fourth-order valence-electron chi connectivity index (χ4n) is 3.45. The maximum atomic E-state index is 13.0. The van der Waals surface area contributed by atoms with E-state index in [-0.39, 0.29) is 5.91 Å². The van der Waals surface area contributed by atoms with Gasteiger partial charge >= 0.3 is 0 Å². The van der Waals surface area contributed by atoms with Gasteiger partial charge in [0.15, 0.2) is 0 Å². The van der Waals surface area contributed by atoms with E-state index in [1.807, 2.05) is 60.7 Å². The number of carbonyl (C=O) groups excluding carboxylic acids is 1. The third-order valence-electron chi connectivity index (χ3n) is 4.78. The SMILES string of the molecule is COc1ccccc1NC(=O)/C(=C\c1ccccc1)C1CCCCC1. The van der Waals surface area contributed by atoms with Gasteiger partial charge in [-0.25, -0.2) is 0 Å². The summed E-state index contributed by atoms with van der Waals surface area (Å²) in [5.74, 6) is 0.975. The summed E-state index contributed by atoms with van der Waals surface area (Å²) < 4.78 is 5.36. The molecule has 0 unspecified atom stereocenters. The second-order valence-electron chi connectivity index (χ2n) is 6.50. The Balaban J connectivity index is 1.88. The lowest BCUT2D eigenvalue weighted by Gasteiger charge is -2.24. The molecule has 3 rings (SSSR count). The Morgan fingerprint density at radius 3 is 2.40 bits per heavy atom. The van der Waals surface area contributed by atoms with Gasteiger partial charge in [0, 0.05) is 5.57 Å². The lowest BCUT2D eigenvalue weighted by Crippen LogP contribution is -2.22. The maximum Gasteiger partial charge on any atom is 0.251 e. The van der Waals surface area contributed by atoms with Crippen molar-refractivity contribution in [1.82, 2.24) is 0 Å². The van der Waals surface area contributed by atoms with Crippen LogP contribution in [0.2, 0.25) is 0 Å². The molecule has 3 heteroatoms. The minimum absolute atomic E-state index is 0.0275. The molecule has 25 heavy (non-hydrogen) atoms. The molecule has 1 N–H and O–H groups in total. The van der Waals surface area contributed by atoms with Crippen molar-refractivity contribution >= 4 is 17.7 Å². The summed E-state index contributed by atoms with van der Waals surface area (Å²) in [7, 11) is 1.62. The number of anilines is 1. The second-order valence-corrected chi connectivity index (χ2v) is 6.50. The van der Waals surface area contributed by atoms with Crippen molar-refractivity contribution in [2.45, 2.75) is 32.1 Å². The minimum atomic E-state index is -0.0275. The van der Waals surface area contributed by atoms with Crippen molar-refractivity contribution < 1.29 is 9.53 Å². The van der Waals surface area contributed by atoms with E-state index in [9.17, 15) is 4.79 Å². The van der Waals surface area contributed by atoms with Crippen LogP contribution in [0.15, 0.2) is 60.2 Å². The van der Waals surface area contributed by atoms with Crippen LogP contribution in [0.4, 0.5) is 5.69 Å². The molecule has 1 amide bonds. The van der Waals surface area contributed by atoms with Crippen LogP contribution in [-0.4, -0.2) is 13.0 Å². The first-order chi connectivity index (χ1) is 12.3. The van der Waals surface area contributed by atoms with Crippen LogP contribution in [0.1, 0.15) is 37.7 Å². The summed E-state index contributed by atoms with van der Waals surface area (Å²) in [4.78, 5) is 13.0. The molecule has 3 nitrogen and oxygen atoms in total. The van der Waals surface area contributed by atoms with Crippen molar-refractivity contribution in [1.29, 1.82) is 0 Å². The zero-order chi connectivity index (χ0) is 17.5. The number of hydrogen-bond donors (Lipinski definition) is 1. The molecular formula is C22H25NO2. The van der Waals surface area contributed by atoms with E-state index in [0.717, 1.165) is 24.0 Å². The van der Waals surface area contributed by atoms with E-state index in [1.165, 1.54) is 19.3 Å². The topological polar surface area (TPSA) is 38.3 Å². The van der Waals surface area contributed by atoms with Crippen LogP contribution in [0.5, 0.6) is 5.75 Å². The second kappa shape index (κ2) is 8.52. The number of methoxy groups -OCH3 is 1. The summed E-state index contributed by atoms with van der Waals surface area (Å²) >= 11 is 0. The fraction of sp³-hybridized carbons (Fsp3) is 0.318. The van der Waals surface area contributed by atoms with E-state index >= 15 is 0 Å². The third kappa shape index (κ3) is 4.50. The molecule has 2 aromatic carbocycles. The van der Waals surface area contributed by atoms with Crippen molar-refractivity contribution in [3.63, 3.8) is 0 Å². The Kier molecular flexibility index (Phi) is 5.89. The highest BCUT2D eigenvalue weighted by molar-refractivity contribution is 6.07. The van der Waals surface area contributed by atoms with Gasteiger partial charge in [0.2, 0.25) is 0 Å². The van der Waals surface area contributed by atoms with Gasteiger partial charge in [-0.2, -0.15) is 0 Å². The number of benzene rings is 2. The molecule has 0 radical (unpaired) electrons. The van der Waals surface area contributed by atoms with Crippen LogP contribution in [0.25, 0.3) is 6.08 Å². The number of ether oxygens (including phenoxy) is 1. The molecule has 0 bridgehead atoms. The average Bonchev–Trinajstić information content (AvgIpc) is 2.68. The molecule has 0 atom stereocenters. The van der Waals surface area contributed by atoms with Gasteiger partial charge in [-0.15, -0.1) is 0 Å². The monoisotopic (exact) mass is 335 g/mol. The molecule has 1 aliphatic carbocycles. The number of para-hydroxylation sites is 2. The Labute approximate surface area is 149 Å². The maximum absolute atomic E-state index is 13.0. The lowest BCUT2D eigenvalue weighted by molar-refractivity contribution is -0.113. The highest BCUT2D eigenvalue weighted by Gasteiger charge is 2.23. The number of carbonyl (C=O) groups is 1. The molecule has 2 aromatic rings. The summed E-state index contributed by atoms with van der Waals surface area (Å²) in [6.45, 7) is 0. The van der Waals surface area contributed by atoms with Crippen LogP contribution < -0.4 is 10.1 Å². The van der Waals surface area contributed by atoms with Gasteiger partial charge < -0.3 is 10.1 Å². The smallest absolute Gasteiger partial charge is 0.251 e. The van der Waals surface area contributed by atoms with E-state index in [2.05, 4.69) is 5.32 Å². The normalized spacial score (nSPS) is 15.6. The number of amides is 1. The summed E-state index contributed by atoms with van der Waals surface area (Å²) in [6, 6.07) is 17.6. The van der Waals surface area contributed by atoms with Crippen molar-refractivity contribution in [3.8, 4) is 5.75 Å². The van der Waals surface area contributed by atoms with Gasteiger partial charge in [-0.1, -0.05) is 61.7 Å². The Bertz CT molecular complexity index is 731. The van der Waals surface area contributed by atoms with E-state index < -0.39 is 0 Å². The zero-order valence-corrected chi connectivity index (χ0v) is 14.7. The van der Waals surface area contributed by atoms with Crippen LogP contribution in [-0.2, 0) is 4.79 Å². The van der Waals surface area contributed by atoms with E-state index in [0.29, 0.717) is 17.4 Å². The minimum Gasteiger partial charge on any atom is -0.495 e. The molecular weight excluding hydrogens is 310 g/mol. The predicted molar refractivity (Wildman–Crippen MR) is 103 cm³/mol. The first-order valence-electron chi connectivity index (χ1n) is 8.99. The number of rotatable bonds is 5. The summed E-state index contributed by atoms with van der Waals surface area (Å²) in [5.41, 5.74) is 2.65. The van der Waals surface area contributed by atoms with Crippen molar-refractivity contribution in [3.05, 3.63) is 65.7 Å². The molecule has 1 aliphatic rings. The van der Waals surface area contributed by atoms with E-state index in [4.69, 9.17) is 4.74 Å². The Morgan fingerprint density at radius 1 is 1.00 bits per heavy atom. The molecule has 0 aliphatic heterocycles. The van der Waals surface area contributed by atoms with Gasteiger partial charge in [0.05, 0.1) is 12.8 Å². The molecule has 0 saturated heterocycles. The van der Waals surface area contributed by atoms with Crippen LogP contribution in [0, 0.1) is 5.92 Å². The molecule has 0 aromatic heterocycles. The predicted octanol–water partition coefficient (Wildman–Crippen LogP) is 5.30. The average molecular weight is 335 g/mol. The first-order valence-corrected chi connectivity index (χ1v) is 8.99. The molecule has 1 fully saturated rings. The third-order valence-corrected chi connectivity index (χ3v) is 4.78. The van der Waals surface area contributed by atoms with Crippen molar-refractivity contribution in [2.75, 3.05) is 12.4 Å². The van der Waals surface area contributed by atoms with Gasteiger partial charge in [0.25, 0.3) is 5.91 Å². The lowest BCUT2D eigenvalue weighted by atomic mass is 9.82. The Morgan fingerprint density at radius 2 is 1.68 bits per heavy atom. The number of hydrogen-bond acceptors (Lipinski definition) is 2. The van der Waals surface area contributed by atoms with Gasteiger partial charge in [-0.05, 0) is 42.5 Å². The van der Waals surface area contributed by atoms with Gasteiger partial charge in [0.1, 0.15) is 5.75 Å². The molecule has 0 heterocycles. The van der Waals surface area contributed by atoms with Crippen molar-refractivity contribution in [2.24, 2.45) is 5.92 Å². The molecule has 130 valence electrons. The fourth-order valence-corrected chi connectivity index (χ4v) is 3.45. The Hall–Kier alpha value is -2.55. The molecule has 1 saturated carbocycles. The zero-order valence-electron chi connectivity index (χ0n) is 14.7. The summed E-state index contributed by atoms with van der Waals surface area (Å²) in [6.07, 6.45) is 7.86. The highest BCUT2D eigenvalue weighted by Crippen LogP contribution is 2.32.